The number of rotatable bonds is 27. The van der Waals surface area contributed by atoms with Gasteiger partial charge in [0.25, 0.3) is 22.2 Å². The molecule has 0 radical (unpaired) electrons. The molecular formula is C88H110Cl4N10O12S10. The lowest BCUT2D eigenvalue weighted by Crippen LogP contribution is -2.24. The molecule has 9 heterocycles. The second-order valence-corrected chi connectivity index (χ2v) is 36.4. The molecule has 0 unspecified atom stereocenters. The lowest BCUT2D eigenvalue weighted by atomic mass is 10.1. The highest BCUT2D eigenvalue weighted by Crippen LogP contribution is 2.29. The van der Waals surface area contributed by atoms with Crippen LogP contribution in [-0.2, 0) is 62.8 Å². The van der Waals surface area contributed by atoms with Crippen LogP contribution in [0.3, 0.4) is 0 Å². The molecule has 0 aliphatic heterocycles. The van der Waals surface area contributed by atoms with Gasteiger partial charge in [-0.15, -0.1) is 79.9 Å². The van der Waals surface area contributed by atoms with Gasteiger partial charge in [0.15, 0.2) is 19.5 Å². The normalized spacial score (nSPS) is 10.6. The Kier molecular flexibility index (Phi) is 52.5. The average Bonchev–Trinajstić information content (AvgIpc) is 1.73. The maximum Gasteiger partial charge on any atom is 0.350 e. The Bertz CT molecular complexity index is 5870. The summed E-state index contributed by atoms with van der Waals surface area (Å²) in [5, 5.41) is 38.3. The first-order valence-corrected chi connectivity index (χ1v) is 47.6. The third kappa shape index (κ3) is 37.9. The molecule has 0 spiro atoms. The van der Waals surface area contributed by atoms with Crippen molar-refractivity contribution in [1.29, 1.82) is 0 Å². The predicted octanol–water partition coefficient (Wildman–Crippen LogP) is 25.1. The molecule has 12 aromatic rings. The van der Waals surface area contributed by atoms with E-state index in [0.29, 0.717) is 123 Å². The van der Waals surface area contributed by atoms with Crippen LogP contribution in [0.4, 0.5) is 5.69 Å². The summed E-state index contributed by atoms with van der Waals surface area (Å²) < 4.78 is 15.2. The first-order valence-electron chi connectivity index (χ1n) is 38.7. The van der Waals surface area contributed by atoms with Gasteiger partial charge >= 0.3 is 23.9 Å². The SMILES string of the molecule is C.C/C=C\C(Cl)=C(C)C.CC(C)Cn1c(=S)[nH]c2ccsc2c1=O.COC(=O)c1sccc1N=CC=S.Cc1ccc(C)c(CCl)c1.Cc1ccc(C)c(CSc2nc3ccsc3c(=O)n2CC(C)C)c1.ClCc1ccccc1Cl.NCCCCC(=O)O.O=C(O)CCCCn1c(=S)[nH]c2ccsc2c1=O.O=C(O)CCCCn1c(=S)[nH]c2ccsc2c1=O.[HH]. The number of aryl methyl sites for hydroxylation is 4. The van der Waals surface area contributed by atoms with E-state index in [1.165, 1.54) is 118 Å². The van der Waals surface area contributed by atoms with E-state index in [0.717, 1.165) is 70.0 Å². The number of carbonyl (C=O) groups excluding carboxylic acids is 1. The second kappa shape index (κ2) is 59.1. The minimum absolute atomic E-state index is 0. The maximum absolute atomic E-state index is 12.8. The number of nitrogens with two attached hydrogens (primary N) is 1. The summed E-state index contributed by atoms with van der Waals surface area (Å²) >= 11 is 51.3. The van der Waals surface area contributed by atoms with Gasteiger partial charge in [0.1, 0.15) is 23.7 Å². The first kappa shape index (κ1) is 110. The summed E-state index contributed by atoms with van der Waals surface area (Å²) in [4.78, 5) is 109. The number of aliphatic imine (C=N–C) groups is 1. The number of nitrogens with one attached hydrogen (secondary N) is 3. The number of thioether (sulfide) groups is 1. The van der Waals surface area contributed by atoms with E-state index in [9.17, 15) is 38.4 Å². The van der Waals surface area contributed by atoms with Crippen LogP contribution in [-0.4, -0.2) is 103 Å². The number of hydrogen-bond acceptors (Lipinski definition) is 22. The zero-order valence-corrected chi connectivity index (χ0v) is 81.6. The number of aromatic nitrogens is 8. The van der Waals surface area contributed by atoms with Gasteiger partial charge in [0, 0.05) is 86.0 Å². The van der Waals surface area contributed by atoms with E-state index in [1.807, 2.05) is 108 Å². The molecule has 124 heavy (non-hydrogen) atoms. The summed E-state index contributed by atoms with van der Waals surface area (Å²) in [5.41, 5.74) is 18.6. The van der Waals surface area contributed by atoms with Crippen LogP contribution >= 0.6 is 164 Å². The number of carbonyl (C=O) groups is 4. The monoisotopic (exact) mass is 1960 g/mol. The van der Waals surface area contributed by atoms with Crippen molar-refractivity contribution in [3.8, 4) is 0 Å². The number of aromatic amines is 3. The predicted molar refractivity (Wildman–Crippen MR) is 538 cm³/mol. The molecule has 9 aromatic heterocycles. The van der Waals surface area contributed by atoms with Gasteiger partial charge in [0.05, 0.1) is 34.9 Å². The third-order valence-corrected chi connectivity index (χ3v) is 25.0. The Hall–Kier alpha value is -8.03. The molecule has 0 saturated heterocycles. The van der Waals surface area contributed by atoms with Gasteiger partial charge in [-0.2, -0.15) is 0 Å². The fourth-order valence-corrected chi connectivity index (χ4v) is 17.5. The number of carboxylic acid groups (broad SMARTS) is 3. The van der Waals surface area contributed by atoms with Crippen LogP contribution in [0.5, 0.6) is 0 Å². The molecule has 0 saturated carbocycles. The van der Waals surface area contributed by atoms with Gasteiger partial charge < -0.3 is 40.7 Å². The zero-order chi connectivity index (χ0) is 91.4. The van der Waals surface area contributed by atoms with E-state index in [2.05, 4.69) is 129 Å². The number of alkyl halides is 2. The van der Waals surface area contributed by atoms with E-state index < -0.39 is 17.9 Å². The van der Waals surface area contributed by atoms with E-state index in [4.69, 9.17) is 109 Å². The minimum atomic E-state index is -0.818. The number of H-pyrrole nitrogens is 3. The standard InChI is InChI=1S/C19H22N2OS2.2C11H12N2O3S2.C10H12N2OS2.C9H11Cl.C8H7NO2S2.C7H6Cl2.C7H11Cl.C5H11NO2.CH4.H2/c1-12(2)10-21-18(22)17-16(7-8-23-17)20-19(21)24-11-15-9-13(3)5-6-14(15)4;2*14-8(15)3-1-2-5-13-10(16)9-7(4-6-18-9)12-11(13)17;1-6(2)5-12-9(13)8-7(3-4-15-8)11-10(12)14;1-7-3-4-8(2)9(5-7)6-10;1-11-8(10)7-6(2-5-13-7)9-3-4-12;8-5-6-3-1-2-4-7(6)9;1-4-5-7(8)6(2)3;6-4-2-1-3-5(7)8;;/h5-9,12H,10-11H2,1-4H3;2*4,6H,1-3,5H2,(H,12,17)(H,14,15);3-4,6H,5H2,1-2H3,(H,11,14);3-5H,6H2,1-2H3;2-5H,1H3;1-4H,5H2;4-5H,1-3H3;1-4,6H2,(H,7,8);1H4;1H/b;;;;;;;5-4-;;;. The molecular weight excluding hydrogens is 1850 g/mol. The van der Waals surface area contributed by atoms with E-state index >= 15 is 0 Å². The Labute approximate surface area is 789 Å². The van der Waals surface area contributed by atoms with Gasteiger partial charge in [-0.05, 0) is 239 Å². The number of methoxy groups -OCH3 is 1. The van der Waals surface area contributed by atoms with Gasteiger partial charge in [0.2, 0.25) is 0 Å². The number of unbranched alkanes of at least 4 members (excludes halogenated alkanes) is 3. The second-order valence-electron chi connectivity index (χ2n) is 28.1. The van der Waals surface area contributed by atoms with Crippen LogP contribution in [0.2, 0.25) is 5.02 Å². The Morgan fingerprint density at radius 2 is 1.02 bits per heavy atom. The van der Waals surface area contributed by atoms with Crippen LogP contribution in [0.1, 0.15) is 164 Å². The molecule has 0 aliphatic carbocycles. The number of benzene rings is 3. The van der Waals surface area contributed by atoms with Crippen LogP contribution in [0.25, 0.3) is 40.9 Å². The van der Waals surface area contributed by atoms with Crippen molar-refractivity contribution < 1.29 is 40.7 Å². The van der Waals surface area contributed by atoms with Crippen molar-refractivity contribution >= 4 is 246 Å². The molecule has 3 aromatic carbocycles. The number of nitrogens with zero attached hydrogens (tertiary/aromatic N) is 6. The zero-order valence-electron chi connectivity index (χ0n) is 70.4. The summed E-state index contributed by atoms with van der Waals surface area (Å²) in [6.07, 6.45) is 9.60. The van der Waals surface area contributed by atoms with Crippen molar-refractivity contribution in [3.05, 3.63) is 245 Å². The summed E-state index contributed by atoms with van der Waals surface area (Å²) in [5.74, 6) is 0.00511. The number of hydrogen-bond donors (Lipinski definition) is 7. The van der Waals surface area contributed by atoms with Crippen molar-refractivity contribution in [2.24, 2.45) is 22.6 Å². The number of allylic oxidation sites excluding steroid dienone is 4. The molecule has 12 rings (SSSR count). The van der Waals surface area contributed by atoms with E-state index in [-0.39, 0.29) is 56.3 Å². The number of aliphatic carboxylic acids is 3. The summed E-state index contributed by atoms with van der Waals surface area (Å²) in [6, 6.07) is 29.6. The number of ether oxygens (including phenoxy) is 1. The fourth-order valence-electron chi connectivity index (χ4n) is 10.6. The van der Waals surface area contributed by atoms with Gasteiger partial charge in [-0.1, -0.05) is 160 Å². The van der Waals surface area contributed by atoms with Crippen LogP contribution < -0.4 is 28.0 Å². The largest absolute Gasteiger partial charge is 0.481 e. The van der Waals surface area contributed by atoms with Gasteiger partial charge in [-0.25, -0.2) is 9.78 Å². The molecule has 36 heteroatoms. The lowest BCUT2D eigenvalue weighted by molar-refractivity contribution is -0.138. The smallest absolute Gasteiger partial charge is 0.350 e. The highest BCUT2D eigenvalue weighted by Gasteiger charge is 2.17. The van der Waals surface area contributed by atoms with E-state index in [1.54, 1.807) is 27.8 Å². The van der Waals surface area contributed by atoms with Gasteiger partial charge in [-0.3, -0.25) is 56.8 Å². The van der Waals surface area contributed by atoms with Crippen LogP contribution in [0.15, 0.2) is 170 Å². The summed E-state index contributed by atoms with van der Waals surface area (Å²) in [6.45, 7) is 25.6. The molecule has 0 bridgehead atoms. The fraction of sp³-hybridized carbons (Fsp3) is 0.364. The Morgan fingerprint density at radius 3 is 1.44 bits per heavy atom. The lowest BCUT2D eigenvalue weighted by Gasteiger charge is -2.14. The van der Waals surface area contributed by atoms with Crippen LogP contribution in [0, 0.1) is 53.8 Å². The highest BCUT2D eigenvalue weighted by molar-refractivity contribution is 7.98. The number of thiocarbonyl (C=S) groups is 1. The Morgan fingerprint density at radius 1 is 0.597 bits per heavy atom. The molecule has 0 amide bonds. The molecule has 0 atom stereocenters. The van der Waals surface area contributed by atoms with Crippen molar-refractivity contribution in [2.75, 3.05) is 13.7 Å². The molecule has 672 valence electrons. The number of thiophene rings is 5. The van der Waals surface area contributed by atoms with Crippen molar-refractivity contribution in [2.45, 2.75) is 190 Å². The topological polar surface area (TPSA) is 325 Å². The number of halogens is 4. The average molecular weight is 1960 g/mol. The van der Waals surface area contributed by atoms with Crippen molar-refractivity contribution in [1.82, 2.24) is 38.2 Å². The molecule has 22 nitrogen and oxygen atoms in total. The van der Waals surface area contributed by atoms with Crippen molar-refractivity contribution in [3.63, 3.8) is 0 Å². The first-order chi connectivity index (χ1) is 58.6. The third-order valence-electron chi connectivity index (χ3n) is 17.0. The number of carboxylic acids is 3. The highest BCUT2D eigenvalue weighted by atomic mass is 35.5. The quantitative estimate of drug-likeness (QED) is 0.00368. The summed E-state index contributed by atoms with van der Waals surface area (Å²) in [7, 11) is 1.34. The minimum Gasteiger partial charge on any atom is -0.481 e. The Balaban J connectivity index is 0.000000486. The molecule has 8 N–H and O–H groups in total. The maximum atomic E-state index is 12.8. The molecule has 0 aliphatic rings. The number of esters is 1. The molecule has 0 fully saturated rings. The number of fused-ring (bicyclic) bond motifs is 4.